The van der Waals surface area contributed by atoms with Crippen LogP contribution in [0.25, 0.3) is 11.2 Å². The molecule has 1 aliphatic rings. The van der Waals surface area contributed by atoms with Gasteiger partial charge in [-0.05, 0) is 19.8 Å². The number of piperidine rings is 1. The van der Waals surface area contributed by atoms with Gasteiger partial charge in [-0.25, -0.2) is 22.5 Å². The van der Waals surface area contributed by atoms with Gasteiger partial charge in [0.25, 0.3) is 5.56 Å². The Balaban J connectivity index is 1.86. The maximum atomic E-state index is 12.3. The second kappa shape index (κ2) is 6.51. The molecule has 0 bridgehead atoms. The van der Waals surface area contributed by atoms with Crippen LogP contribution in [0.4, 0.5) is 0 Å². The summed E-state index contributed by atoms with van der Waals surface area (Å²) in [6, 6.07) is 0. The summed E-state index contributed by atoms with van der Waals surface area (Å²) >= 11 is 0. The van der Waals surface area contributed by atoms with Crippen LogP contribution in [-0.4, -0.2) is 50.7 Å². The molecule has 0 aliphatic carbocycles. The first kappa shape index (κ1) is 18.6. The van der Waals surface area contributed by atoms with E-state index in [0.717, 1.165) is 4.57 Å². The molecule has 0 aromatic carbocycles. The Kier molecular flexibility index (Phi) is 4.65. The second-order valence-electron chi connectivity index (χ2n) is 6.91. The third-order valence-electron chi connectivity index (χ3n) is 4.78. The molecule has 0 saturated carbocycles. The summed E-state index contributed by atoms with van der Waals surface area (Å²) in [5.41, 5.74) is 0.387. The van der Waals surface area contributed by atoms with Crippen LogP contribution in [0.1, 0.15) is 31.5 Å². The lowest BCUT2D eigenvalue weighted by Crippen LogP contribution is -2.39. The van der Waals surface area contributed by atoms with Crippen molar-refractivity contribution in [1.82, 2.24) is 23.4 Å². The first-order valence-corrected chi connectivity index (χ1v) is 10.0. The highest BCUT2D eigenvalue weighted by Crippen LogP contribution is 2.28. The van der Waals surface area contributed by atoms with Gasteiger partial charge < -0.3 is 4.98 Å². The van der Waals surface area contributed by atoms with E-state index in [1.165, 1.54) is 15.9 Å². The van der Waals surface area contributed by atoms with Crippen molar-refractivity contribution in [3.8, 4) is 0 Å². The molecule has 0 unspecified atom stereocenters. The number of nitrogens with one attached hydrogen (secondary N) is 1. The van der Waals surface area contributed by atoms with Crippen molar-refractivity contribution < 1.29 is 8.42 Å². The van der Waals surface area contributed by atoms with Crippen LogP contribution in [0.2, 0.25) is 0 Å². The number of fused-ring (bicyclic) bond motifs is 1. The molecule has 1 fully saturated rings. The van der Waals surface area contributed by atoms with Crippen molar-refractivity contribution in [3.05, 3.63) is 38.8 Å². The van der Waals surface area contributed by atoms with Gasteiger partial charge in [-0.2, -0.15) is 0 Å². The number of hydrogen-bond acceptors (Lipinski definition) is 5. The zero-order chi connectivity index (χ0) is 19.2. The number of H-pyrrole nitrogens is 1. The Bertz CT molecular complexity index is 1080. The summed E-state index contributed by atoms with van der Waals surface area (Å²) in [4.78, 5) is 31.8. The maximum absolute atomic E-state index is 12.3. The van der Waals surface area contributed by atoms with E-state index in [1.807, 2.05) is 0 Å². The molecule has 1 N–H and O–H groups in total. The Morgan fingerprint density at radius 2 is 1.85 bits per heavy atom. The highest BCUT2D eigenvalue weighted by molar-refractivity contribution is 7.89. The summed E-state index contributed by atoms with van der Waals surface area (Å²) in [6.07, 6.45) is 1.20. The predicted octanol–water partition coefficient (Wildman–Crippen LogP) is 0.0456. The SMILES string of the molecule is C=C(C)CS(=O)(=O)N1CCC(c2nc3c([nH]2)c(=O)n(C)c(=O)n3C)CC1. The van der Waals surface area contributed by atoms with Crippen molar-refractivity contribution in [2.24, 2.45) is 14.1 Å². The van der Waals surface area contributed by atoms with Gasteiger partial charge in [0.15, 0.2) is 5.65 Å². The number of sulfonamides is 1. The van der Waals surface area contributed by atoms with Gasteiger partial charge >= 0.3 is 5.69 Å². The van der Waals surface area contributed by atoms with Gasteiger partial charge in [0.1, 0.15) is 11.3 Å². The monoisotopic (exact) mass is 381 g/mol. The number of aryl methyl sites for hydroxylation is 1. The second-order valence-corrected chi connectivity index (χ2v) is 8.88. The lowest BCUT2D eigenvalue weighted by atomic mass is 9.97. The molecule has 3 rings (SSSR count). The van der Waals surface area contributed by atoms with E-state index in [-0.39, 0.29) is 11.7 Å². The quantitative estimate of drug-likeness (QED) is 0.752. The topological polar surface area (TPSA) is 110 Å². The molecule has 0 atom stereocenters. The molecular weight excluding hydrogens is 358 g/mol. The van der Waals surface area contributed by atoms with Crippen LogP contribution in [0.3, 0.4) is 0 Å². The molecule has 142 valence electrons. The number of aromatic amines is 1. The molecule has 3 heterocycles. The van der Waals surface area contributed by atoms with E-state index in [1.54, 1.807) is 14.0 Å². The van der Waals surface area contributed by atoms with Crippen LogP contribution in [0.5, 0.6) is 0 Å². The predicted molar refractivity (Wildman–Crippen MR) is 98.7 cm³/mol. The van der Waals surface area contributed by atoms with Crippen molar-refractivity contribution in [2.45, 2.75) is 25.7 Å². The average Bonchev–Trinajstić information content (AvgIpc) is 3.03. The lowest BCUT2D eigenvalue weighted by molar-refractivity contribution is 0.315. The standard InChI is InChI=1S/C16H23N5O4S/c1-10(2)9-26(24,25)21-7-5-11(6-8-21)13-17-12-14(18-13)19(3)16(23)20(4)15(12)22/h11H,1,5-9H2,2-4H3,(H,17,18). The third kappa shape index (κ3) is 3.14. The summed E-state index contributed by atoms with van der Waals surface area (Å²) in [7, 11) is -0.336. The minimum atomic E-state index is -3.33. The zero-order valence-corrected chi connectivity index (χ0v) is 16.0. The fraction of sp³-hybridized carbons (Fsp3) is 0.562. The fourth-order valence-electron chi connectivity index (χ4n) is 3.35. The molecular formula is C16H23N5O4S. The maximum Gasteiger partial charge on any atom is 0.332 e. The molecule has 0 amide bonds. The molecule has 1 saturated heterocycles. The summed E-state index contributed by atoms with van der Waals surface area (Å²) in [5, 5.41) is 0. The normalized spacial score (nSPS) is 17.0. The summed E-state index contributed by atoms with van der Waals surface area (Å²) in [6.45, 7) is 6.16. The summed E-state index contributed by atoms with van der Waals surface area (Å²) < 4.78 is 28.5. The molecule has 26 heavy (non-hydrogen) atoms. The third-order valence-corrected chi connectivity index (χ3v) is 6.79. The van der Waals surface area contributed by atoms with Crippen molar-refractivity contribution in [2.75, 3.05) is 18.8 Å². The van der Waals surface area contributed by atoms with Crippen molar-refractivity contribution >= 4 is 21.2 Å². The van der Waals surface area contributed by atoms with Gasteiger partial charge in [0.05, 0.1) is 5.75 Å². The number of rotatable bonds is 4. The van der Waals surface area contributed by atoms with Crippen LogP contribution in [0, 0.1) is 0 Å². The van der Waals surface area contributed by atoms with Gasteiger partial charge in [-0.15, -0.1) is 0 Å². The minimum Gasteiger partial charge on any atom is -0.336 e. The van der Waals surface area contributed by atoms with E-state index < -0.39 is 21.3 Å². The first-order chi connectivity index (χ1) is 12.1. The highest BCUT2D eigenvalue weighted by Gasteiger charge is 2.30. The number of nitrogens with zero attached hydrogens (tertiary/aromatic N) is 4. The van der Waals surface area contributed by atoms with Crippen LogP contribution in [-0.2, 0) is 24.1 Å². The van der Waals surface area contributed by atoms with Gasteiger partial charge in [0, 0.05) is 33.1 Å². The molecule has 0 radical (unpaired) electrons. The van der Waals surface area contributed by atoms with Crippen LogP contribution in [0.15, 0.2) is 21.7 Å². The molecule has 2 aromatic rings. The smallest absolute Gasteiger partial charge is 0.332 e. The van der Waals surface area contributed by atoms with Crippen LogP contribution >= 0.6 is 0 Å². The molecule has 1 aliphatic heterocycles. The highest BCUT2D eigenvalue weighted by atomic mass is 32.2. The minimum absolute atomic E-state index is 0.0125. The van der Waals surface area contributed by atoms with Gasteiger partial charge in [0.2, 0.25) is 10.0 Å². The van der Waals surface area contributed by atoms with Crippen LogP contribution < -0.4 is 11.2 Å². The fourth-order valence-corrected chi connectivity index (χ4v) is 4.92. The zero-order valence-electron chi connectivity index (χ0n) is 15.2. The molecule has 9 nitrogen and oxygen atoms in total. The van der Waals surface area contributed by atoms with E-state index in [4.69, 9.17) is 0 Å². The Labute approximate surface area is 151 Å². The Hall–Kier alpha value is -2.20. The summed E-state index contributed by atoms with van der Waals surface area (Å²) in [5.74, 6) is 0.592. The number of imidazole rings is 1. The molecule has 10 heteroatoms. The lowest BCUT2D eigenvalue weighted by Gasteiger charge is -2.30. The molecule has 0 spiro atoms. The number of hydrogen-bond donors (Lipinski definition) is 1. The van der Waals surface area contributed by atoms with E-state index in [2.05, 4.69) is 16.5 Å². The number of aromatic nitrogens is 4. The Morgan fingerprint density at radius 3 is 2.42 bits per heavy atom. The first-order valence-electron chi connectivity index (χ1n) is 8.39. The Morgan fingerprint density at radius 1 is 1.23 bits per heavy atom. The largest absolute Gasteiger partial charge is 0.336 e. The van der Waals surface area contributed by atoms with Gasteiger partial charge in [-0.1, -0.05) is 12.2 Å². The van der Waals surface area contributed by atoms with E-state index in [0.29, 0.717) is 48.5 Å². The van der Waals surface area contributed by atoms with Gasteiger partial charge in [-0.3, -0.25) is 13.9 Å². The van der Waals surface area contributed by atoms with E-state index in [9.17, 15) is 18.0 Å². The average molecular weight is 381 g/mol. The van der Waals surface area contributed by atoms with Crippen molar-refractivity contribution in [1.29, 1.82) is 0 Å². The van der Waals surface area contributed by atoms with E-state index >= 15 is 0 Å². The molecule has 2 aromatic heterocycles. The van der Waals surface area contributed by atoms with Crippen molar-refractivity contribution in [3.63, 3.8) is 0 Å².